The van der Waals surface area contributed by atoms with E-state index >= 15 is 0 Å². The maximum Gasteiger partial charge on any atom is 0.275 e. The van der Waals surface area contributed by atoms with Crippen molar-refractivity contribution in [2.75, 3.05) is 18.0 Å². The van der Waals surface area contributed by atoms with Crippen LogP contribution in [-0.4, -0.2) is 18.0 Å². The molecule has 0 fully saturated rings. The Hall–Kier alpha value is -2.10. The fourth-order valence-corrected chi connectivity index (χ4v) is 5.02. The summed E-state index contributed by atoms with van der Waals surface area (Å²) >= 11 is 0. The van der Waals surface area contributed by atoms with Gasteiger partial charge in [0.1, 0.15) is 0 Å². The van der Waals surface area contributed by atoms with E-state index in [-0.39, 0.29) is 10.8 Å². The van der Waals surface area contributed by atoms with E-state index in [4.69, 9.17) is 0 Å². The van der Waals surface area contributed by atoms with Crippen LogP contribution in [0.3, 0.4) is 0 Å². The highest BCUT2D eigenvalue weighted by atomic mass is 16.6. The fourth-order valence-electron chi connectivity index (χ4n) is 5.02. The lowest BCUT2D eigenvalue weighted by atomic mass is 9.74. The smallest absolute Gasteiger partial charge is 0.275 e. The van der Waals surface area contributed by atoms with Crippen LogP contribution in [-0.2, 0) is 0 Å². The topological polar surface area (TPSA) is 46.4 Å². The van der Waals surface area contributed by atoms with Crippen molar-refractivity contribution in [2.45, 2.75) is 24.7 Å². The van der Waals surface area contributed by atoms with Crippen molar-refractivity contribution in [3.05, 3.63) is 57.7 Å². The zero-order valence-corrected chi connectivity index (χ0v) is 12.3. The highest BCUT2D eigenvalue weighted by Crippen LogP contribution is 2.55. The van der Waals surface area contributed by atoms with E-state index < -0.39 is 0 Å². The molecule has 4 aliphatic rings. The van der Waals surface area contributed by atoms with E-state index in [1.165, 1.54) is 11.3 Å². The first-order valence-corrected chi connectivity index (χ1v) is 8.13. The molecule has 2 aliphatic heterocycles. The van der Waals surface area contributed by atoms with Gasteiger partial charge in [-0.05, 0) is 36.3 Å². The predicted molar refractivity (Wildman–Crippen MR) is 85.3 cm³/mol. The van der Waals surface area contributed by atoms with Gasteiger partial charge in [-0.1, -0.05) is 24.3 Å². The Kier molecular flexibility index (Phi) is 2.38. The maximum absolute atomic E-state index is 11.6. The third-order valence-electron chi connectivity index (χ3n) is 5.92. The normalized spacial score (nSPS) is 33.5. The molecule has 2 aliphatic carbocycles. The average molecular weight is 294 g/mol. The number of rotatable bonds is 1. The molecule has 2 heterocycles. The minimum absolute atomic E-state index is 0.196. The van der Waals surface area contributed by atoms with Crippen LogP contribution in [0, 0.1) is 22.0 Å². The van der Waals surface area contributed by atoms with Gasteiger partial charge in [-0.2, -0.15) is 0 Å². The van der Waals surface area contributed by atoms with Gasteiger partial charge in [-0.15, -0.1) is 0 Å². The van der Waals surface area contributed by atoms with Crippen molar-refractivity contribution < 1.29 is 4.92 Å². The number of anilines is 1. The molecule has 0 unspecified atom stereocenters. The molecule has 0 N–H and O–H groups in total. The minimum Gasteiger partial charge on any atom is -0.370 e. The van der Waals surface area contributed by atoms with Crippen LogP contribution in [0.4, 0.5) is 11.4 Å². The predicted octanol–water partition coefficient (Wildman–Crippen LogP) is 3.75. The number of benzene rings is 1. The highest BCUT2D eigenvalue weighted by molar-refractivity contribution is 5.73. The molecule has 0 amide bonds. The van der Waals surface area contributed by atoms with Crippen LogP contribution in [0.15, 0.2) is 36.4 Å². The Bertz CT molecular complexity index is 735. The fraction of sp³-hybridized carbons (Fsp3) is 0.444. The molecule has 4 nitrogen and oxygen atoms in total. The SMILES string of the molecule is O=[N+]([O-])c1ccc2c3c1[C@H]1C=CC[C@@H]1CN3C[C@@H]1CC=C[C@H]21. The molecule has 4 atom stereocenters. The summed E-state index contributed by atoms with van der Waals surface area (Å²) < 4.78 is 0. The van der Waals surface area contributed by atoms with Gasteiger partial charge < -0.3 is 4.90 Å². The van der Waals surface area contributed by atoms with E-state index in [1.807, 2.05) is 6.07 Å². The molecule has 22 heavy (non-hydrogen) atoms. The molecule has 0 spiro atoms. The van der Waals surface area contributed by atoms with Crippen molar-refractivity contribution in [2.24, 2.45) is 11.8 Å². The Morgan fingerprint density at radius 2 is 1.73 bits per heavy atom. The molecule has 0 bridgehead atoms. The number of nitro groups is 1. The maximum atomic E-state index is 11.6. The third-order valence-corrected chi connectivity index (χ3v) is 5.92. The van der Waals surface area contributed by atoms with Gasteiger partial charge in [0.15, 0.2) is 0 Å². The summed E-state index contributed by atoms with van der Waals surface area (Å²) in [5.74, 6) is 1.83. The van der Waals surface area contributed by atoms with Crippen molar-refractivity contribution in [3.8, 4) is 0 Å². The molecule has 0 saturated heterocycles. The third kappa shape index (κ3) is 1.47. The molecule has 0 radical (unpaired) electrons. The largest absolute Gasteiger partial charge is 0.370 e. The molecule has 0 saturated carbocycles. The summed E-state index contributed by atoms with van der Waals surface area (Å²) in [5.41, 5.74) is 3.77. The van der Waals surface area contributed by atoms with Gasteiger partial charge in [0.25, 0.3) is 5.69 Å². The van der Waals surface area contributed by atoms with Crippen molar-refractivity contribution in [1.29, 1.82) is 0 Å². The van der Waals surface area contributed by atoms with Gasteiger partial charge in [-0.25, -0.2) is 0 Å². The lowest BCUT2D eigenvalue weighted by Gasteiger charge is -2.45. The second-order valence-electron chi connectivity index (χ2n) is 7.00. The first-order valence-electron chi connectivity index (χ1n) is 8.13. The summed E-state index contributed by atoms with van der Waals surface area (Å²) in [7, 11) is 0. The Labute approximate surface area is 129 Å². The molecule has 5 rings (SSSR count). The number of nitrogens with zero attached hydrogens (tertiary/aromatic N) is 2. The lowest BCUT2D eigenvalue weighted by molar-refractivity contribution is -0.385. The van der Waals surface area contributed by atoms with Crippen LogP contribution < -0.4 is 4.90 Å². The zero-order valence-electron chi connectivity index (χ0n) is 12.3. The summed E-state index contributed by atoms with van der Waals surface area (Å²) in [4.78, 5) is 13.8. The monoisotopic (exact) mass is 294 g/mol. The van der Waals surface area contributed by atoms with Crippen LogP contribution in [0.1, 0.15) is 35.8 Å². The molecule has 1 aromatic carbocycles. The molecular formula is C18H18N2O2. The Balaban J connectivity index is 1.78. The second kappa shape index (κ2) is 4.22. The van der Waals surface area contributed by atoms with Crippen LogP contribution in [0.2, 0.25) is 0 Å². The van der Waals surface area contributed by atoms with E-state index in [0.29, 0.717) is 23.4 Å². The first kappa shape index (κ1) is 12.4. The van der Waals surface area contributed by atoms with Crippen LogP contribution >= 0.6 is 0 Å². The number of hydrogen-bond donors (Lipinski definition) is 0. The van der Waals surface area contributed by atoms with Crippen molar-refractivity contribution in [1.82, 2.24) is 0 Å². The number of nitro benzene ring substituents is 1. The summed E-state index contributed by atoms with van der Waals surface area (Å²) in [5, 5.41) is 11.6. The van der Waals surface area contributed by atoms with Crippen LogP contribution in [0.5, 0.6) is 0 Å². The van der Waals surface area contributed by atoms with Crippen molar-refractivity contribution >= 4 is 11.4 Å². The quantitative estimate of drug-likeness (QED) is 0.450. The first-order chi connectivity index (χ1) is 10.7. The Morgan fingerprint density at radius 3 is 2.45 bits per heavy atom. The van der Waals surface area contributed by atoms with Crippen molar-refractivity contribution in [3.63, 3.8) is 0 Å². The molecule has 0 aromatic heterocycles. The average Bonchev–Trinajstić information content (AvgIpc) is 3.15. The number of fused-ring (bicyclic) bond motifs is 4. The number of allylic oxidation sites excluding steroid dienone is 4. The van der Waals surface area contributed by atoms with Crippen LogP contribution in [0.25, 0.3) is 0 Å². The van der Waals surface area contributed by atoms with Gasteiger partial charge in [0.05, 0.1) is 16.2 Å². The van der Waals surface area contributed by atoms with Gasteiger partial charge in [-0.3, -0.25) is 10.1 Å². The minimum atomic E-state index is -0.196. The number of hydrogen-bond acceptors (Lipinski definition) is 3. The molecule has 4 heteroatoms. The zero-order chi connectivity index (χ0) is 14.8. The summed E-state index contributed by atoms with van der Waals surface area (Å²) in [6.07, 6.45) is 11.2. The standard InChI is InChI=1S/C18H18N2O2/c21-20(22)16-8-7-15-13-5-1-3-11(13)9-19-10-12-4-2-6-14(12)17(16)18(15)19/h1-2,5-8,11-14H,3-4,9-10H2/t11-,12+,13-,14-/m0/s1. The molecular weight excluding hydrogens is 276 g/mol. The van der Waals surface area contributed by atoms with E-state index in [9.17, 15) is 10.1 Å². The summed E-state index contributed by atoms with van der Waals surface area (Å²) in [6, 6.07) is 3.75. The second-order valence-corrected chi connectivity index (χ2v) is 7.00. The van der Waals surface area contributed by atoms with Gasteiger partial charge in [0.2, 0.25) is 0 Å². The molecule has 1 aromatic rings. The van der Waals surface area contributed by atoms with E-state index in [0.717, 1.165) is 31.5 Å². The summed E-state index contributed by atoms with van der Waals surface area (Å²) in [6.45, 7) is 2.09. The Morgan fingerprint density at radius 1 is 1.05 bits per heavy atom. The molecule has 112 valence electrons. The lowest BCUT2D eigenvalue weighted by Crippen LogP contribution is -2.43. The van der Waals surface area contributed by atoms with Gasteiger partial charge in [0, 0.05) is 31.0 Å². The van der Waals surface area contributed by atoms with Gasteiger partial charge >= 0.3 is 0 Å². The van der Waals surface area contributed by atoms with E-state index in [2.05, 4.69) is 29.2 Å². The van der Waals surface area contributed by atoms with E-state index in [1.54, 1.807) is 6.07 Å². The highest BCUT2D eigenvalue weighted by Gasteiger charge is 2.45.